The highest BCUT2D eigenvalue weighted by Crippen LogP contribution is 2.39. The molecule has 174 valence electrons. The van der Waals surface area contributed by atoms with Crippen LogP contribution in [0.3, 0.4) is 0 Å². The van der Waals surface area contributed by atoms with Gasteiger partial charge in [0.1, 0.15) is 18.8 Å². The number of morpholine rings is 1. The van der Waals surface area contributed by atoms with E-state index < -0.39 is 23.5 Å². The molecule has 0 spiro atoms. The summed E-state index contributed by atoms with van der Waals surface area (Å²) < 4.78 is 10.5. The van der Waals surface area contributed by atoms with E-state index in [2.05, 4.69) is 0 Å². The van der Waals surface area contributed by atoms with Crippen molar-refractivity contribution < 1.29 is 29.1 Å². The maximum absolute atomic E-state index is 13.5. The number of hydrogen-bond acceptors (Lipinski definition) is 5. The number of nitrogens with zero attached hydrogens (tertiary/aromatic N) is 1. The third-order valence-corrected chi connectivity index (χ3v) is 6.54. The Hall–Kier alpha value is -2.58. The van der Waals surface area contributed by atoms with Gasteiger partial charge in [-0.05, 0) is 35.4 Å². The number of amides is 1. The summed E-state index contributed by atoms with van der Waals surface area (Å²) in [6.07, 6.45) is 0. The topological polar surface area (TPSA) is 83.3 Å². The van der Waals surface area contributed by atoms with Crippen LogP contribution in [0, 0.1) is 0 Å². The van der Waals surface area contributed by atoms with Crippen molar-refractivity contribution in [1.29, 1.82) is 0 Å². The molecule has 2 aliphatic rings. The predicted octanol–water partition coefficient (Wildman–Crippen LogP) is 1.14. The second-order valence-electron chi connectivity index (χ2n) is 7.99. The first-order valence-electron chi connectivity index (χ1n) is 10.7. The Morgan fingerprint density at radius 2 is 1.94 bits per heavy atom. The van der Waals surface area contributed by atoms with Crippen molar-refractivity contribution in [2.24, 2.45) is 0 Å². The highest BCUT2D eigenvalue weighted by atomic mass is 35.5. The zero-order chi connectivity index (χ0) is 23.5. The number of hydrogen-bond donors (Lipinski definition) is 1. The number of likely N-dealkylation sites (tertiary alicyclic amines) is 1. The summed E-state index contributed by atoms with van der Waals surface area (Å²) >= 11 is 12.4. The molecule has 0 bridgehead atoms. The number of benzene rings is 2. The fourth-order valence-corrected chi connectivity index (χ4v) is 4.73. The fourth-order valence-electron chi connectivity index (χ4n) is 4.28. The number of carbonyl (C=O) groups excluding carboxylic acids is 2. The summed E-state index contributed by atoms with van der Waals surface area (Å²) in [5.74, 6) is -1.61. The van der Waals surface area contributed by atoms with Gasteiger partial charge in [-0.15, -0.1) is 0 Å². The fraction of sp³-hybridized carbons (Fsp3) is 0.333. The predicted molar refractivity (Wildman–Crippen MR) is 122 cm³/mol. The molecule has 0 aliphatic carbocycles. The van der Waals surface area contributed by atoms with Crippen molar-refractivity contribution in [3.8, 4) is 5.75 Å². The van der Waals surface area contributed by atoms with Crippen LogP contribution in [-0.2, 0) is 14.3 Å². The molecule has 33 heavy (non-hydrogen) atoms. The van der Waals surface area contributed by atoms with Gasteiger partial charge in [0, 0.05) is 10.6 Å². The Morgan fingerprint density at radius 3 is 2.61 bits per heavy atom. The third kappa shape index (κ3) is 4.87. The van der Waals surface area contributed by atoms with Crippen molar-refractivity contribution in [2.75, 3.05) is 46.5 Å². The van der Waals surface area contributed by atoms with Crippen molar-refractivity contribution in [2.45, 2.75) is 6.04 Å². The van der Waals surface area contributed by atoms with E-state index in [0.717, 1.165) is 13.1 Å². The molecule has 1 atom stereocenters. The summed E-state index contributed by atoms with van der Waals surface area (Å²) in [4.78, 5) is 28.9. The summed E-state index contributed by atoms with van der Waals surface area (Å²) in [5, 5.41) is 14.2. The minimum Gasteiger partial charge on any atom is -0.872 e. The molecule has 1 unspecified atom stereocenters. The third-order valence-electron chi connectivity index (χ3n) is 6.01. The average molecular weight is 491 g/mol. The number of Topliss-reactive ketones (excluding diaryl/α,β-unsaturated/α-hetero) is 1. The number of rotatable bonds is 6. The molecule has 2 heterocycles. The van der Waals surface area contributed by atoms with Gasteiger partial charge in [0.25, 0.3) is 5.91 Å². The van der Waals surface area contributed by atoms with Gasteiger partial charge in [-0.3, -0.25) is 9.59 Å². The number of ether oxygens (including phenoxy) is 2. The van der Waals surface area contributed by atoms with Crippen molar-refractivity contribution in [3.63, 3.8) is 0 Å². The van der Waals surface area contributed by atoms with Gasteiger partial charge >= 0.3 is 0 Å². The van der Waals surface area contributed by atoms with Gasteiger partial charge in [0.2, 0.25) is 5.78 Å². The molecule has 1 N–H and O–H groups in total. The number of methoxy groups -OCH3 is 1. The van der Waals surface area contributed by atoms with Crippen LogP contribution < -0.4 is 14.7 Å². The number of quaternary nitrogens is 1. The Labute approximate surface area is 202 Å². The van der Waals surface area contributed by atoms with Crippen LogP contribution in [0.1, 0.15) is 17.2 Å². The van der Waals surface area contributed by atoms with Crippen molar-refractivity contribution in [3.05, 3.63) is 69.2 Å². The first-order chi connectivity index (χ1) is 15.9. The standard InChI is InChI=1S/C24H24Cl2N2O5/c1-32-19-6-5-16(14-18(19)26)22(29)20-21(15-3-2-4-17(25)13-15)28(24(31)23(20)30)8-7-27-9-11-33-12-10-27/h2-6,13-14,21,29H,7-12H2,1H3. The number of ketones is 1. The van der Waals surface area contributed by atoms with Crippen LogP contribution in [0.2, 0.25) is 10.0 Å². The second-order valence-corrected chi connectivity index (χ2v) is 8.83. The Balaban J connectivity index is 1.75. The van der Waals surface area contributed by atoms with Crippen LogP contribution in [0.15, 0.2) is 48.0 Å². The average Bonchev–Trinajstić information content (AvgIpc) is 3.07. The van der Waals surface area contributed by atoms with E-state index in [0.29, 0.717) is 42.6 Å². The molecule has 1 amide bonds. The number of halogens is 2. The van der Waals surface area contributed by atoms with E-state index in [9.17, 15) is 14.7 Å². The molecule has 4 rings (SSSR count). The molecule has 0 radical (unpaired) electrons. The molecular formula is C24H24Cl2N2O5. The zero-order valence-electron chi connectivity index (χ0n) is 18.1. The molecule has 2 aromatic carbocycles. The van der Waals surface area contributed by atoms with Crippen LogP contribution in [-0.4, -0.2) is 63.1 Å². The lowest BCUT2D eigenvalue weighted by Gasteiger charge is -2.30. The lowest BCUT2D eigenvalue weighted by Crippen LogP contribution is -3.14. The normalized spacial score (nSPS) is 20.9. The quantitative estimate of drug-likeness (QED) is 0.373. The van der Waals surface area contributed by atoms with Crippen LogP contribution in [0.5, 0.6) is 5.75 Å². The zero-order valence-corrected chi connectivity index (χ0v) is 19.6. The molecule has 2 aromatic rings. The molecular weight excluding hydrogens is 467 g/mol. The monoisotopic (exact) mass is 490 g/mol. The Morgan fingerprint density at radius 1 is 1.18 bits per heavy atom. The van der Waals surface area contributed by atoms with E-state index in [1.807, 2.05) is 0 Å². The largest absolute Gasteiger partial charge is 0.872 e. The van der Waals surface area contributed by atoms with E-state index in [4.69, 9.17) is 32.7 Å². The van der Waals surface area contributed by atoms with Gasteiger partial charge in [-0.1, -0.05) is 47.2 Å². The lowest BCUT2D eigenvalue weighted by molar-refractivity contribution is -0.907. The maximum Gasteiger partial charge on any atom is 0.295 e. The summed E-state index contributed by atoms with van der Waals surface area (Å²) in [5.41, 5.74) is 0.728. The second kappa shape index (κ2) is 10.1. The van der Waals surface area contributed by atoms with E-state index in [1.165, 1.54) is 29.0 Å². The minimum atomic E-state index is -0.822. The summed E-state index contributed by atoms with van der Waals surface area (Å²) in [6.45, 7) is 3.96. The van der Waals surface area contributed by atoms with Crippen molar-refractivity contribution >= 4 is 40.7 Å². The van der Waals surface area contributed by atoms with Gasteiger partial charge in [-0.2, -0.15) is 0 Å². The van der Waals surface area contributed by atoms with Gasteiger partial charge < -0.3 is 24.4 Å². The number of carbonyl (C=O) groups is 2. The van der Waals surface area contributed by atoms with E-state index >= 15 is 0 Å². The van der Waals surface area contributed by atoms with Gasteiger partial charge in [-0.25, -0.2) is 0 Å². The van der Waals surface area contributed by atoms with E-state index in [1.54, 1.807) is 30.3 Å². The summed E-state index contributed by atoms with van der Waals surface area (Å²) in [7, 11) is 1.47. The molecule has 9 heteroatoms. The maximum atomic E-state index is 13.5. The lowest BCUT2D eigenvalue weighted by atomic mass is 9.95. The molecule has 0 aromatic heterocycles. The van der Waals surface area contributed by atoms with Crippen LogP contribution >= 0.6 is 23.2 Å². The van der Waals surface area contributed by atoms with Gasteiger partial charge in [0.05, 0.1) is 44.5 Å². The highest BCUT2D eigenvalue weighted by molar-refractivity contribution is 6.46. The molecule has 7 nitrogen and oxygen atoms in total. The smallest absolute Gasteiger partial charge is 0.295 e. The Bertz CT molecular complexity index is 1100. The van der Waals surface area contributed by atoms with Crippen LogP contribution in [0.25, 0.3) is 5.76 Å². The highest BCUT2D eigenvalue weighted by Gasteiger charge is 2.44. The first-order valence-corrected chi connectivity index (χ1v) is 11.4. The number of nitrogens with one attached hydrogen (secondary N) is 1. The van der Waals surface area contributed by atoms with E-state index in [-0.39, 0.29) is 16.2 Å². The first kappa shape index (κ1) is 23.6. The van der Waals surface area contributed by atoms with Crippen LogP contribution in [0.4, 0.5) is 0 Å². The molecule has 2 fully saturated rings. The van der Waals surface area contributed by atoms with Gasteiger partial charge in [0.15, 0.2) is 0 Å². The molecule has 2 saturated heterocycles. The van der Waals surface area contributed by atoms with Crippen molar-refractivity contribution in [1.82, 2.24) is 4.90 Å². The Kier molecular flexibility index (Phi) is 7.24. The summed E-state index contributed by atoms with van der Waals surface area (Å²) in [6, 6.07) is 10.6. The SMILES string of the molecule is COc1ccc(C([O-])=C2C(=O)C(=O)N(CC[NH+]3CCOCC3)C2c2cccc(Cl)c2)cc1Cl. The molecule has 0 saturated carbocycles. The minimum absolute atomic E-state index is 0.0968. The molecule has 2 aliphatic heterocycles.